The molecule has 0 aliphatic heterocycles. The summed E-state index contributed by atoms with van der Waals surface area (Å²) in [5, 5.41) is 3.17. The van der Waals surface area contributed by atoms with Crippen molar-refractivity contribution in [2.75, 3.05) is 0 Å². The Kier molecular flexibility index (Phi) is 4.23. The van der Waals surface area contributed by atoms with Crippen LogP contribution in [0.1, 0.15) is 41.6 Å². The van der Waals surface area contributed by atoms with Gasteiger partial charge in [0, 0.05) is 17.0 Å². The van der Waals surface area contributed by atoms with E-state index in [1.165, 1.54) is 6.07 Å². The van der Waals surface area contributed by atoms with Crippen molar-refractivity contribution in [2.24, 2.45) is 0 Å². The zero-order valence-corrected chi connectivity index (χ0v) is 11.1. The predicted molar refractivity (Wildman–Crippen MR) is 70.5 cm³/mol. The molecule has 1 aromatic carbocycles. The lowest BCUT2D eigenvalue weighted by Gasteiger charge is -2.25. The van der Waals surface area contributed by atoms with Gasteiger partial charge in [-0.25, -0.2) is 4.39 Å². The third-order valence-corrected chi connectivity index (χ3v) is 3.86. The van der Waals surface area contributed by atoms with Gasteiger partial charge in [0.1, 0.15) is 5.82 Å². The average molecular weight is 270 g/mol. The van der Waals surface area contributed by atoms with Crippen LogP contribution >= 0.6 is 11.6 Å². The molecule has 1 saturated carbocycles. The van der Waals surface area contributed by atoms with Crippen LogP contribution in [0.4, 0.5) is 4.39 Å². The summed E-state index contributed by atoms with van der Waals surface area (Å²) in [7, 11) is 0. The molecule has 4 heteroatoms. The van der Waals surface area contributed by atoms with Gasteiger partial charge in [0.25, 0.3) is 5.91 Å². The van der Waals surface area contributed by atoms with Crippen LogP contribution in [-0.2, 0) is 0 Å². The molecule has 0 aromatic heterocycles. The lowest BCUT2D eigenvalue weighted by atomic mass is 9.95. The summed E-state index contributed by atoms with van der Waals surface area (Å²) in [5.41, 5.74) is 0.931. The monoisotopic (exact) mass is 269 g/mol. The summed E-state index contributed by atoms with van der Waals surface area (Å²) in [6, 6.07) is 4.73. The molecule has 0 spiro atoms. The molecule has 0 saturated heterocycles. The molecule has 1 amide bonds. The van der Waals surface area contributed by atoms with Gasteiger partial charge >= 0.3 is 0 Å². The van der Waals surface area contributed by atoms with E-state index in [-0.39, 0.29) is 23.1 Å². The van der Waals surface area contributed by atoms with Crippen LogP contribution in [0.5, 0.6) is 0 Å². The van der Waals surface area contributed by atoms with E-state index in [1.807, 2.05) is 0 Å². The van der Waals surface area contributed by atoms with Crippen molar-refractivity contribution in [3.63, 3.8) is 0 Å². The topological polar surface area (TPSA) is 29.1 Å². The van der Waals surface area contributed by atoms with Crippen LogP contribution in [-0.4, -0.2) is 17.3 Å². The summed E-state index contributed by atoms with van der Waals surface area (Å²) < 4.78 is 13.4. The molecule has 0 heterocycles. The molecule has 1 fully saturated rings. The molecule has 98 valence electrons. The highest BCUT2D eigenvalue weighted by Gasteiger charge is 2.21. The molecule has 0 atom stereocenters. The van der Waals surface area contributed by atoms with Gasteiger partial charge in [0.05, 0.1) is 0 Å². The largest absolute Gasteiger partial charge is 0.349 e. The van der Waals surface area contributed by atoms with Gasteiger partial charge in [-0.2, -0.15) is 0 Å². The number of aryl methyl sites for hydroxylation is 1. The Morgan fingerprint density at radius 1 is 1.33 bits per heavy atom. The molecule has 1 aliphatic carbocycles. The molecule has 18 heavy (non-hydrogen) atoms. The second-order valence-electron chi connectivity index (χ2n) is 4.89. The van der Waals surface area contributed by atoms with Crippen LogP contribution in [0.2, 0.25) is 0 Å². The van der Waals surface area contributed by atoms with Gasteiger partial charge < -0.3 is 5.32 Å². The van der Waals surface area contributed by atoms with Crippen molar-refractivity contribution >= 4 is 17.5 Å². The summed E-state index contributed by atoms with van der Waals surface area (Å²) in [4.78, 5) is 11.9. The predicted octanol–water partition coefficient (Wildman–Crippen LogP) is 3.41. The number of hydrogen-bond donors (Lipinski definition) is 1. The number of nitrogens with one attached hydrogen (secondary N) is 1. The van der Waals surface area contributed by atoms with E-state index >= 15 is 0 Å². The third-order valence-electron chi connectivity index (χ3n) is 3.43. The number of halogens is 2. The van der Waals surface area contributed by atoms with Crippen molar-refractivity contribution in [3.8, 4) is 0 Å². The summed E-state index contributed by atoms with van der Waals surface area (Å²) >= 11 is 6.01. The van der Waals surface area contributed by atoms with Gasteiger partial charge in [0.15, 0.2) is 0 Å². The molecule has 2 nitrogen and oxygen atoms in total. The van der Waals surface area contributed by atoms with Crippen molar-refractivity contribution in [3.05, 3.63) is 35.1 Å². The Labute approximate surface area is 112 Å². The first-order valence-corrected chi connectivity index (χ1v) is 6.71. The molecular weight excluding hydrogens is 253 g/mol. The van der Waals surface area contributed by atoms with E-state index < -0.39 is 0 Å². The lowest BCUT2D eigenvalue weighted by molar-refractivity contribution is 0.0927. The van der Waals surface area contributed by atoms with Crippen molar-refractivity contribution < 1.29 is 9.18 Å². The van der Waals surface area contributed by atoms with Gasteiger partial charge in [-0.1, -0.05) is 6.07 Å². The van der Waals surface area contributed by atoms with Crippen LogP contribution in [0.15, 0.2) is 18.2 Å². The fourth-order valence-corrected chi connectivity index (χ4v) is 2.45. The van der Waals surface area contributed by atoms with E-state index in [4.69, 9.17) is 11.6 Å². The lowest BCUT2D eigenvalue weighted by Crippen LogP contribution is -2.37. The Hall–Kier alpha value is -1.09. The van der Waals surface area contributed by atoms with Gasteiger partial charge in [0.2, 0.25) is 0 Å². The molecule has 0 bridgehead atoms. The second kappa shape index (κ2) is 5.70. The highest BCUT2D eigenvalue weighted by Crippen LogP contribution is 2.23. The molecular formula is C14H17ClFNO. The van der Waals surface area contributed by atoms with Gasteiger partial charge in [-0.15, -0.1) is 11.6 Å². The Bertz CT molecular complexity index is 441. The Balaban J connectivity index is 1.97. The van der Waals surface area contributed by atoms with Crippen LogP contribution in [0.3, 0.4) is 0 Å². The maximum atomic E-state index is 13.4. The van der Waals surface area contributed by atoms with E-state index in [0.717, 1.165) is 25.7 Å². The highest BCUT2D eigenvalue weighted by atomic mass is 35.5. The molecule has 1 N–H and O–H groups in total. The molecule has 0 radical (unpaired) electrons. The molecule has 1 aliphatic rings. The number of benzene rings is 1. The number of carbonyl (C=O) groups is 1. The normalized spacial score (nSPS) is 23.7. The second-order valence-corrected chi connectivity index (χ2v) is 5.50. The SMILES string of the molecule is Cc1ccc(C(=O)NC2CCC(Cl)CC2)cc1F. The number of alkyl halides is 1. The minimum atomic E-state index is -0.341. The minimum absolute atomic E-state index is 0.164. The van der Waals surface area contributed by atoms with Crippen LogP contribution in [0, 0.1) is 12.7 Å². The maximum Gasteiger partial charge on any atom is 0.251 e. The zero-order chi connectivity index (χ0) is 13.1. The zero-order valence-electron chi connectivity index (χ0n) is 10.4. The summed E-state index contributed by atoms with van der Waals surface area (Å²) in [5.74, 6) is -0.543. The van der Waals surface area contributed by atoms with Crippen molar-refractivity contribution in [2.45, 2.75) is 44.0 Å². The summed E-state index contributed by atoms with van der Waals surface area (Å²) in [6.45, 7) is 1.68. The van der Waals surface area contributed by atoms with E-state index in [1.54, 1.807) is 19.1 Å². The van der Waals surface area contributed by atoms with E-state index in [2.05, 4.69) is 5.32 Å². The number of hydrogen-bond acceptors (Lipinski definition) is 1. The van der Waals surface area contributed by atoms with Gasteiger partial charge in [-0.3, -0.25) is 4.79 Å². The number of carbonyl (C=O) groups excluding carboxylic acids is 1. The first-order valence-electron chi connectivity index (χ1n) is 6.27. The van der Waals surface area contributed by atoms with E-state index in [9.17, 15) is 9.18 Å². The van der Waals surface area contributed by atoms with Gasteiger partial charge in [-0.05, 0) is 50.3 Å². The maximum absolute atomic E-state index is 13.4. The standard InChI is InChI=1S/C14H17ClFNO/c1-9-2-3-10(8-13(9)16)14(18)17-12-6-4-11(15)5-7-12/h2-3,8,11-12H,4-7H2,1H3,(H,17,18). The van der Waals surface area contributed by atoms with E-state index in [0.29, 0.717) is 11.1 Å². The molecule has 2 rings (SSSR count). The highest BCUT2D eigenvalue weighted by molar-refractivity contribution is 6.20. The fraction of sp³-hybridized carbons (Fsp3) is 0.500. The Morgan fingerprint density at radius 3 is 2.61 bits per heavy atom. The van der Waals surface area contributed by atoms with Crippen molar-refractivity contribution in [1.29, 1.82) is 0 Å². The van der Waals surface area contributed by atoms with Crippen LogP contribution in [0.25, 0.3) is 0 Å². The first-order chi connectivity index (χ1) is 8.56. The minimum Gasteiger partial charge on any atom is -0.349 e. The summed E-state index contributed by atoms with van der Waals surface area (Å²) in [6.07, 6.45) is 3.64. The van der Waals surface area contributed by atoms with Crippen LogP contribution < -0.4 is 5.32 Å². The van der Waals surface area contributed by atoms with Crippen molar-refractivity contribution in [1.82, 2.24) is 5.32 Å². The quantitative estimate of drug-likeness (QED) is 0.819. The molecule has 0 unspecified atom stereocenters. The number of rotatable bonds is 2. The fourth-order valence-electron chi connectivity index (χ4n) is 2.20. The first kappa shape index (κ1) is 13.3. The number of amides is 1. The molecule has 1 aromatic rings. The Morgan fingerprint density at radius 2 is 2.00 bits per heavy atom. The smallest absolute Gasteiger partial charge is 0.251 e. The third kappa shape index (κ3) is 3.22. The average Bonchev–Trinajstić information content (AvgIpc) is 2.35.